The second kappa shape index (κ2) is 7.62. The Kier molecular flexibility index (Phi) is 5.82. The maximum atomic E-state index is 11.9. The number of anilines is 1. The molecule has 0 aliphatic carbocycles. The van der Waals surface area contributed by atoms with Crippen LogP contribution < -0.4 is 10.1 Å². The number of rotatable bonds is 5. The molecule has 0 spiro atoms. The zero-order chi connectivity index (χ0) is 16.1. The number of hydrogen-bond donors (Lipinski definition) is 1. The highest BCUT2D eigenvalue weighted by Gasteiger charge is 2.16. The second-order valence-electron chi connectivity index (χ2n) is 4.07. The number of methoxy groups -OCH3 is 1. The largest absolute Gasteiger partial charge is 0.482 e. The van der Waals surface area contributed by atoms with Gasteiger partial charge in [0.2, 0.25) is 0 Å². The van der Waals surface area contributed by atoms with E-state index in [0.717, 1.165) is 4.47 Å². The molecule has 22 heavy (non-hydrogen) atoms. The summed E-state index contributed by atoms with van der Waals surface area (Å²) in [5, 5.41) is 4.69. The summed E-state index contributed by atoms with van der Waals surface area (Å²) in [4.78, 5) is 23.7. The molecule has 1 N–H and O–H groups in total. The maximum absolute atomic E-state index is 11.9. The van der Waals surface area contributed by atoms with Gasteiger partial charge in [-0.25, -0.2) is 4.79 Å². The van der Waals surface area contributed by atoms with Gasteiger partial charge in [-0.05, 0) is 29.6 Å². The van der Waals surface area contributed by atoms with Gasteiger partial charge in [-0.1, -0.05) is 27.5 Å². The highest BCUT2D eigenvalue weighted by Crippen LogP contribution is 2.28. The Morgan fingerprint density at radius 1 is 1.36 bits per heavy atom. The molecule has 2 aromatic rings. The predicted octanol–water partition coefficient (Wildman–Crippen LogP) is 3.97. The number of benzene rings is 1. The second-order valence-corrected chi connectivity index (χ2v) is 6.31. The van der Waals surface area contributed by atoms with E-state index in [-0.39, 0.29) is 6.61 Å². The zero-order valence-corrected chi connectivity index (χ0v) is 14.5. The number of nitrogens with one attached hydrogen (secondary N) is 1. The topological polar surface area (TPSA) is 64.6 Å². The summed E-state index contributed by atoms with van der Waals surface area (Å²) in [7, 11) is 1.28. The smallest absolute Gasteiger partial charge is 0.350 e. The van der Waals surface area contributed by atoms with Crippen LogP contribution in [0.25, 0.3) is 0 Å². The Morgan fingerprint density at radius 2 is 2.14 bits per heavy atom. The lowest BCUT2D eigenvalue weighted by molar-refractivity contribution is -0.118. The van der Waals surface area contributed by atoms with Gasteiger partial charge in [0.15, 0.2) is 6.61 Å². The summed E-state index contributed by atoms with van der Waals surface area (Å²) in [5.74, 6) is -0.497. The van der Waals surface area contributed by atoms with Gasteiger partial charge in [-0.2, -0.15) is 0 Å². The van der Waals surface area contributed by atoms with E-state index in [9.17, 15) is 9.59 Å². The summed E-state index contributed by atoms with van der Waals surface area (Å²) < 4.78 is 10.8. The first-order valence-corrected chi connectivity index (χ1v) is 8.10. The number of hydrogen-bond acceptors (Lipinski definition) is 5. The Balaban J connectivity index is 1.96. The van der Waals surface area contributed by atoms with Gasteiger partial charge < -0.3 is 14.8 Å². The van der Waals surface area contributed by atoms with E-state index in [2.05, 4.69) is 26.0 Å². The highest BCUT2D eigenvalue weighted by molar-refractivity contribution is 9.10. The van der Waals surface area contributed by atoms with Crippen molar-refractivity contribution in [2.24, 2.45) is 0 Å². The van der Waals surface area contributed by atoms with E-state index in [1.165, 1.54) is 18.4 Å². The fourth-order valence-electron chi connectivity index (χ4n) is 1.58. The number of ether oxygens (including phenoxy) is 2. The molecule has 1 aromatic carbocycles. The van der Waals surface area contributed by atoms with Gasteiger partial charge in [0.05, 0.1) is 17.8 Å². The molecule has 0 atom stereocenters. The lowest BCUT2D eigenvalue weighted by atomic mass is 10.3. The molecule has 1 amide bonds. The predicted molar refractivity (Wildman–Crippen MR) is 88.9 cm³/mol. The van der Waals surface area contributed by atoms with Crippen molar-refractivity contribution in [2.45, 2.75) is 0 Å². The Morgan fingerprint density at radius 3 is 2.82 bits per heavy atom. The third-order valence-corrected chi connectivity index (χ3v) is 4.25. The minimum Gasteiger partial charge on any atom is -0.482 e. The first-order chi connectivity index (χ1) is 10.5. The molecule has 1 aromatic heterocycles. The van der Waals surface area contributed by atoms with E-state index < -0.39 is 11.9 Å². The average Bonchev–Trinajstić information content (AvgIpc) is 2.93. The van der Waals surface area contributed by atoms with Gasteiger partial charge in [0.1, 0.15) is 10.6 Å². The van der Waals surface area contributed by atoms with Crippen molar-refractivity contribution in [1.29, 1.82) is 0 Å². The highest BCUT2D eigenvalue weighted by atomic mass is 79.9. The molecule has 0 aliphatic heterocycles. The van der Waals surface area contributed by atoms with E-state index in [1.54, 1.807) is 29.6 Å². The number of carbonyl (C=O) groups is 2. The van der Waals surface area contributed by atoms with Crippen LogP contribution in [0.4, 0.5) is 5.69 Å². The molecule has 0 radical (unpaired) electrons. The van der Waals surface area contributed by atoms with Crippen LogP contribution in [0.3, 0.4) is 0 Å². The van der Waals surface area contributed by atoms with Crippen LogP contribution in [0.1, 0.15) is 9.67 Å². The Labute approximate surface area is 144 Å². The molecule has 0 bridgehead atoms. The van der Waals surface area contributed by atoms with Crippen LogP contribution in [0.5, 0.6) is 5.75 Å². The third-order valence-electron chi connectivity index (χ3n) is 2.56. The van der Waals surface area contributed by atoms with Crippen molar-refractivity contribution in [3.63, 3.8) is 0 Å². The van der Waals surface area contributed by atoms with Gasteiger partial charge in [0.25, 0.3) is 5.91 Å². The van der Waals surface area contributed by atoms with E-state index in [0.29, 0.717) is 21.3 Å². The van der Waals surface area contributed by atoms with Crippen molar-refractivity contribution in [3.05, 3.63) is 44.0 Å². The molecule has 0 saturated carbocycles. The number of thiophene rings is 1. The van der Waals surface area contributed by atoms with E-state index >= 15 is 0 Å². The normalized spacial score (nSPS) is 10.1. The summed E-state index contributed by atoms with van der Waals surface area (Å²) in [6.07, 6.45) is 0. The quantitative estimate of drug-likeness (QED) is 0.766. The maximum Gasteiger partial charge on any atom is 0.350 e. The van der Waals surface area contributed by atoms with Crippen LogP contribution >= 0.6 is 38.9 Å². The SMILES string of the molecule is COC(=O)c1sccc1NC(=O)COc1ccc(Br)cc1Cl. The summed E-state index contributed by atoms with van der Waals surface area (Å²) in [5.41, 5.74) is 0.396. The summed E-state index contributed by atoms with van der Waals surface area (Å²) >= 11 is 10.5. The van der Waals surface area contributed by atoms with Gasteiger partial charge in [0, 0.05) is 4.47 Å². The molecule has 0 fully saturated rings. The lowest BCUT2D eigenvalue weighted by Gasteiger charge is -2.09. The van der Waals surface area contributed by atoms with Crippen LogP contribution in [0.15, 0.2) is 34.1 Å². The average molecular weight is 405 g/mol. The monoisotopic (exact) mass is 403 g/mol. The van der Waals surface area contributed by atoms with Crippen molar-refractivity contribution in [1.82, 2.24) is 0 Å². The van der Waals surface area contributed by atoms with E-state index in [1.807, 2.05) is 0 Å². The number of amides is 1. The molecule has 1 heterocycles. The molecule has 0 saturated heterocycles. The van der Waals surface area contributed by atoms with Crippen LogP contribution in [-0.2, 0) is 9.53 Å². The molecule has 116 valence electrons. The van der Waals surface area contributed by atoms with Crippen LogP contribution in [0, 0.1) is 0 Å². The molecule has 5 nitrogen and oxygen atoms in total. The minimum atomic E-state index is -0.498. The van der Waals surface area contributed by atoms with Gasteiger partial charge >= 0.3 is 5.97 Å². The first kappa shape index (κ1) is 16.8. The fraction of sp³-hybridized carbons (Fsp3) is 0.143. The number of carbonyl (C=O) groups excluding carboxylic acids is 2. The van der Waals surface area contributed by atoms with Crippen molar-refractivity contribution < 1.29 is 19.1 Å². The van der Waals surface area contributed by atoms with Gasteiger partial charge in [-0.15, -0.1) is 11.3 Å². The third kappa shape index (κ3) is 4.22. The molecular weight excluding hydrogens is 394 g/mol. The fourth-order valence-corrected chi connectivity index (χ4v) is 3.07. The summed E-state index contributed by atoms with van der Waals surface area (Å²) in [6, 6.07) is 6.71. The Hall–Kier alpha value is -1.57. The Bertz CT molecular complexity index is 704. The first-order valence-electron chi connectivity index (χ1n) is 6.04. The zero-order valence-electron chi connectivity index (χ0n) is 11.4. The standard InChI is InChI=1S/C14H11BrClNO4S/c1-20-14(19)13-10(4-5-22-13)17-12(18)7-21-11-3-2-8(15)6-9(11)16/h2-6H,7H2,1H3,(H,17,18). The lowest BCUT2D eigenvalue weighted by Crippen LogP contribution is -2.21. The van der Waals surface area contributed by atoms with Crippen LogP contribution in [0.2, 0.25) is 5.02 Å². The van der Waals surface area contributed by atoms with Crippen molar-refractivity contribution in [2.75, 3.05) is 19.0 Å². The number of esters is 1. The van der Waals surface area contributed by atoms with Crippen molar-refractivity contribution in [3.8, 4) is 5.75 Å². The molecule has 2 rings (SSSR count). The van der Waals surface area contributed by atoms with E-state index in [4.69, 9.17) is 16.3 Å². The summed E-state index contributed by atoms with van der Waals surface area (Å²) in [6.45, 7) is -0.224. The molecule has 0 unspecified atom stereocenters. The molecule has 8 heteroatoms. The van der Waals surface area contributed by atoms with Gasteiger partial charge in [-0.3, -0.25) is 4.79 Å². The molecular formula is C14H11BrClNO4S. The minimum absolute atomic E-state index is 0.224. The van der Waals surface area contributed by atoms with Crippen molar-refractivity contribution >= 4 is 56.4 Å². The number of halogens is 2. The molecule has 0 aliphatic rings. The van der Waals surface area contributed by atoms with Crippen LogP contribution in [-0.4, -0.2) is 25.6 Å².